The third-order valence-electron chi connectivity index (χ3n) is 3.92. The first-order chi connectivity index (χ1) is 9.63. The summed E-state index contributed by atoms with van der Waals surface area (Å²) in [7, 11) is 0. The summed E-state index contributed by atoms with van der Waals surface area (Å²) in [5.41, 5.74) is 1.42. The zero-order chi connectivity index (χ0) is 14.4. The molecule has 0 aromatic heterocycles. The smallest absolute Gasteiger partial charge is 0.193 e. The predicted octanol–water partition coefficient (Wildman–Crippen LogP) is 3.03. The second-order valence-electron chi connectivity index (χ2n) is 6.11. The van der Waals surface area contributed by atoms with Gasteiger partial charge in [-0.1, -0.05) is 44.2 Å². The Hall–Kier alpha value is -1.51. The van der Waals surface area contributed by atoms with Crippen LogP contribution in [0.1, 0.15) is 39.2 Å². The van der Waals surface area contributed by atoms with Crippen LogP contribution in [0.5, 0.6) is 0 Å². The average Bonchev–Trinajstić information content (AvgIpc) is 2.98. The highest BCUT2D eigenvalue weighted by atomic mass is 15.3. The summed E-state index contributed by atoms with van der Waals surface area (Å²) in [6.45, 7) is 10.7. The third-order valence-corrected chi connectivity index (χ3v) is 3.92. The number of nitrogens with one attached hydrogen (secondary N) is 1. The standard InChI is InChI=1S/C17H27N3/c1-4-18-16(20-12-8-9-13-20)19-14-17(2,3)15-10-6-5-7-11-15/h5-7,10-11H,4,8-9,12-14H2,1-3H3,(H,18,19). The van der Waals surface area contributed by atoms with Gasteiger partial charge < -0.3 is 10.2 Å². The Kier molecular flexibility index (Phi) is 5.05. The summed E-state index contributed by atoms with van der Waals surface area (Å²) in [4.78, 5) is 7.25. The molecule has 0 aliphatic carbocycles. The van der Waals surface area contributed by atoms with Crippen LogP contribution in [0.2, 0.25) is 0 Å². The lowest BCUT2D eigenvalue weighted by Crippen LogP contribution is -2.40. The quantitative estimate of drug-likeness (QED) is 0.674. The van der Waals surface area contributed by atoms with E-state index in [4.69, 9.17) is 4.99 Å². The molecule has 0 atom stereocenters. The van der Waals surface area contributed by atoms with Crippen molar-refractivity contribution < 1.29 is 0 Å². The lowest BCUT2D eigenvalue weighted by atomic mass is 9.85. The maximum atomic E-state index is 4.87. The number of aliphatic imine (C=N–C) groups is 1. The molecule has 1 heterocycles. The van der Waals surface area contributed by atoms with Crippen molar-refractivity contribution in [1.82, 2.24) is 10.2 Å². The number of guanidine groups is 1. The maximum Gasteiger partial charge on any atom is 0.193 e. The topological polar surface area (TPSA) is 27.6 Å². The molecule has 3 nitrogen and oxygen atoms in total. The molecular weight excluding hydrogens is 246 g/mol. The van der Waals surface area contributed by atoms with Gasteiger partial charge in [-0.05, 0) is 25.3 Å². The van der Waals surface area contributed by atoms with Crippen LogP contribution >= 0.6 is 0 Å². The van der Waals surface area contributed by atoms with Crippen LogP contribution in [0.4, 0.5) is 0 Å². The van der Waals surface area contributed by atoms with E-state index in [0.29, 0.717) is 0 Å². The van der Waals surface area contributed by atoms with Gasteiger partial charge in [0.25, 0.3) is 0 Å². The molecule has 3 heteroatoms. The lowest BCUT2D eigenvalue weighted by Gasteiger charge is -2.26. The molecular formula is C17H27N3. The van der Waals surface area contributed by atoms with Gasteiger partial charge in [0, 0.05) is 25.0 Å². The molecule has 1 aromatic carbocycles. The largest absolute Gasteiger partial charge is 0.357 e. The Morgan fingerprint density at radius 3 is 2.45 bits per heavy atom. The Morgan fingerprint density at radius 1 is 1.20 bits per heavy atom. The van der Waals surface area contributed by atoms with Gasteiger partial charge in [-0.15, -0.1) is 0 Å². The van der Waals surface area contributed by atoms with Gasteiger partial charge in [0.1, 0.15) is 0 Å². The van der Waals surface area contributed by atoms with E-state index in [9.17, 15) is 0 Å². The minimum absolute atomic E-state index is 0.0711. The Bertz CT molecular complexity index is 431. The minimum Gasteiger partial charge on any atom is -0.357 e. The molecule has 1 saturated heterocycles. The van der Waals surface area contributed by atoms with Crippen molar-refractivity contribution in [3.05, 3.63) is 35.9 Å². The molecule has 0 unspecified atom stereocenters. The number of rotatable bonds is 4. The van der Waals surface area contributed by atoms with Crippen molar-refractivity contribution in [2.75, 3.05) is 26.2 Å². The monoisotopic (exact) mass is 273 g/mol. The highest BCUT2D eigenvalue weighted by Gasteiger charge is 2.21. The summed E-state index contributed by atoms with van der Waals surface area (Å²) >= 11 is 0. The van der Waals surface area contributed by atoms with Crippen LogP contribution in [0, 0.1) is 0 Å². The fourth-order valence-electron chi connectivity index (χ4n) is 2.61. The summed E-state index contributed by atoms with van der Waals surface area (Å²) in [5.74, 6) is 1.08. The number of hydrogen-bond donors (Lipinski definition) is 1. The molecule has 1 fully saturated rings. The summed E-state index contributed by atoms with van der Waals surface area (Å²) in [6, 6.07) is 10.7. The molecule has 0 saturated carbocycles. The first kappa shape index (κ1) is 14.9. The first-order valence-electron chi connectivity index (χ1n) is 7.72. The van der Waals surface area contributed by atoms with Crippen molar-refractivity contribution in [2.24, 2.45) is 4.99 Å². The molecule has 0 radical (unpaired) electrons. The molecule has 1 N–H and O–H groups in total. The van der Waals surface area contributed by atoms with E-state index in [1.54, 1.807) is 0 Å². The number of benzene rings is 1. The molecule has 1 aliphatic rings. The Morgan fingerprint density at radius 2 is 1.85 bits per heavy atom. The van der Waals surface area contributed by atoms with Gasteiger partial charge >= 0.3 is 0 Å². The molecule has 0 spiro atoms. The zero-order valence-electron chi connectivity index (χ0n) is 13.0. The summed E-state index contributed by atoms with van der Waals surface area (Å²) in [6.07, 6.45) is 2.57. The van der Waals surface area contributed by atoms with Crippen molar-refractivity contribution in [3.8, 4) is 0 Å². The maximum absolute atomic E-state index is 4.87. The minimum atomic E-state index is 0.0711. The molecule has 0 amide bonds. The number of hydrogen-bond acceptors (Lipinski definition) is 1. The fourth-order valence-corrected chi connectivity index (χ4v) is 2.61. The lowest BCUT2D eigenvalue weighted by molar-refractivity contribution is 0.480. The summed E-state index contributed by atoms with van der Waals surface area (Å²) < 4.78 is 0. The Labute approximate surface area is 123 Å². The van der Waals surface area contributed by atoms with Crippen molar-refractivity contribution in [3.63, 3.8) is 0 Å². The average molecular weight is 273 g/mol. The van der Waals surface area contributed by atoms with E-state index < -0.39 is 0 Å². The second-order valence-corrected chi connectivity index (χ2v) is 6.11. The normalized spacial score (nSPS) is 16.6. The third kappa shape index (κ3) is 3.75. The zero-order valence-corrected chi connectivity index (χ0v) is 13.0. The molecule has 2 rings (SSSR count). The van der Waals surface area contributed by atoms with Crippen molar-refractivity contribution in [2.45, 2.75) is 39.0 Å². The SMILES string of the molecule is CCNC(=NCC(C)(C)c1ccccc1)N1CCCC1. The van der Waals surface area contributed by atoms with E-state index in [1.165, 1.54) is 18.4 Å². The first-order valence-corrected chi connectivity index (χ1v) is 7.72. The molecule has 110 valence electrons. The molecule has 0 bridgehead atoms. The van der Waals surface area contributed by atoms with Gasteiger partial charge in [0.05, 0.1) is 6.54 Å². The van der Waals surface area contributed by atoms with Crippen LogP contribution in [-0.2, 0) is 5.41 Å². The van der Waals surface area contributed by atoms with E-state index >= 15 is 0 Å². The fraction of sp³-hybridized carbons (Fsp3) is 0.588. The second kappa shape index (κ2) is 6.78. The van der Waals surface area contributed by atoms with Crippen LogP contribution in [-0.4, -0.2) is 37.0 Å². The van der Waals surface area contributed by atoms with Gasteiger partial charge in [-0.25, -0.2) is 0 Å². The van der Waals surface area contributed by atoms with Crippen LogP contribution in [0.3, 0.4) is 0 Å². The van der Waals surface area contributed by atoms with Gasteiger partial charge in [-0.2, -0.15) is 0 Å². The van der Waals surface area contributed by atoms with E-state index in [-0.39, 0.29) is 5.41 Å². The molecule has 1 aliphatic heterocycles. The van der Waals surface area contributed by atoms with Crippen LogP contribution in [0.25, 0.3) is 0 Å². The van der Waals surface area contributed by atoms with Crippen LogP contribution in [0.15, 0.2) is 35.3 Å². The van der Waals surface area contributed by atoms with E-state index in [1.807, 2.05) is 0 Å². The summed E-state index contributed by atoms with van der Waals surface area (Å²) in [5, 5.41) is 3.42. The predicted molar refractivity (Wildman–Crippen MR) is 86.3 cm³/mol. The molecule has 1 aromatic rings. The Balaban J connectivity index is 2.07. The number of nitrogens with zero attached hydrogens (tertiary/aromatic N) is 2. The molecule has 20 heavy (non-hydrogen) atoms. The van der Waals surface area contributed by atoms with Crippen molar-refractivity contribution >= 4 is 5.96 Å². The van der Waals surface area contributed by atoms with Gasteiger partial charge in [-0.3, -0.25) is 4.99 Å². The highest BCUT2D eigenvalue weighted by Crippen LogP contribution is 2.23. The van der Waals surface area contributed by atoms with Crippen LogP contribution < -0.4 is 5.32 Å². The van der Waals surface area contributed by atoms with Gasteiger partial charge in [0.15, 0.2) is 5.96 Å². The van der Waals surface area contributed by atoms with Gasteiger partial charge in [0.2, 0.25) is 0 Å². The van der Waals surface area contributed by atoms with Crippen molar-refractivity contribution in [1.29, 1.82) is 0 Å². The van der Waals surface area contributed by atoms with E-state index in [0.717, 1.165) is 32.1 Å². The van der Waals surface area contributed by atoms with E-state index in [2.05, 4.69) is 61.3 Å². The highest BCUT2D eigenvalue weighted by molar-refractivity contribution is 5.80. The number of likely N-dealkylation sites (tertiary alicyclic amines) is 1.